The molecule has 0 radical (unpaired) electrons. The summed E-state index contributed by atoms with van der Waals surface area (Å²) in [4.78, 5) is 15.9. The van der Waals surface area contributed by atoms with E-state index in [2.05, 4.69) is 15.6 Å². The molecule has 2 N–H and O–H groups in total. The van der Waals surface area contributed by atoms with Crippen molar-refractivity contribution in [1.29, 1.82) is 0 Å². The first-order chi connectivity index (χ1) is 11.0. The second-order valence-corrected chi connectivity index (χ2v) is 6.68. The van der Waals surface area contributed by atoms with Crippen LogP contribution in [0.3, 0.4) is 0 Å². The predicted molar refractivity (Wildman–Crippen MR) is 87.0 cm³/mol. The average Bonchev–Trinajstić information content (AvgIpc) is 2.80. The Bertz CT molecular complexity index is 602. The number of halogens is 2. The van der Waals surface area contributed by atoms with E-state index in [0.29, 0.717) is 24.5 Å². The van der Waals surface area contributed by atoms with Crippen LogP contribution >= 0.6 is 11.6 Å². The Labute approximate surface area is 140 Å². The van der Waals surface area contributed by atoms with Crippen molar-refractivity contribution in [2.45, 2.75) is 57.1 Å². The van der Waals surface area contributed by atoms with Gasteiger partial charge in [-0.3, -0.25) is 4.99 Å². The fourth-order valence-corrected chi connectivity index (χ4v) is 3.69. The summed E-state index contributed by atoms with van der Waals surface area (Å²) in [5.41, 5.74) is 0.462. The quantitative estimate of drug-likeness (QED) is 0.755. The molecule has 2 atom stereocenters. The molecule has 1 spiro atoms. The number of nitrogens with zero attached hydrogens (tertiary/aromatic N) is 1. The zero-order valence-electron chi connectivity index (χ0n) is 13.1. The van der Waals surface area contributed by atoms with Crippen LogP contribution in [0.25, 0.3) is 0 Å². The number of alkyl carbamates (subject to hydrolysis) is 1. The lowest BCUT2D eigenvalue weighted by Crippen LogP contribution is -2.41. The molecule has 7 heteroatoms. The second kappa shape index (κ2) is 6.51. The van der Waals surface area contributed by atoms with Gasteiger partial charge in [0.1, 0.15) is 10.8 Å². The minimum atomic E-state index is -0.497. The van der Waals surface area contributed by atoms with E-state index in [9.17, 15) is 9.18 Å². The molecule has 5 nitrogen and oxygen atoms in total. The van der Waals surface area contributed by atoms with Crippen molar-refractivity contribution in [3.8, 4) is 0 Å². The molecule has 2 fully saturated rings. The summed E-state index contributed by atoms with van der Waals surface area (Å²) >= 11 is 6.21. The number of ether oxygens (including phenoxy) is 1. The SMILES string of the molecule is CCC1=C(Cl)NC(=NC2CCCC3(CNC(=O)O3)C2)C(F)=CC1. The van der Waals surface area contributed by atoms with Gasteiger partial charge in [-0.2, -0.15) is 0 Å². The highest BCUT2D eigenvalue weighted by Gasteiger charge is 2.44. The number of rotatable bonds is 2. The van der Waals surface area contributed by atoms with Gasteiger partial charge in [-0.25, -0.2) is 9.18 Å². The van der Waals surface area contributed by atoms with Crippen molar-refractivity contribution in [2.24, 2.45) is 4.99 Å². The van der Waals surface area contributed by atoms with Gasteiger partial charge in [0.25, 0.3) is 0 Å². The molecule has 0 aromatic heterocycles. The molecular formula is C16H21ClFN3O2. The van der Waals surface area contributed by atoms with E-state index < -0.39 is 5.60 Å². The number of allylic oxidation sites excluding steroid dienone is 2. The Morgan fingerprint density at radius 3 is 3.09 bits per heavy atom. The smallest absolute Gasteiger partial charge is 0.407 e. The highest BCUT2D eigenvalue weighted by molar-refractivity contribution is 6.31. The summed E-state index contributed by atoms with van der Waals surface area (Å²) in [5, 5.41) is 6.05. The predicted octanol–water partition coefficient (Wildman–Crippen LogP) is 3.51. The lowest BCUT2D eigenvalue weighted by molar-refractivity contribution is 0.0203. The van der Waals surface area contributed by atoms with Crippen molar-refractivity contribution in [2.75, 3.05) is 6.54 Å². The summed E-state index contributed by atoms with van der Waals surface area (Å²) in [6.45, 7) is 2.49. The monoisotopic (exact) mass is 341 g/mol. The van der Waals surface area contributed by atoms with Gasteiger partial charge in [0.05, 0.1) is 12.6 Å². The van der Waals surface area contributed by atoms with Crippen molar-refractivity contribution < 1.29 is 13.9 Å². The highest BCUT2D eigenvalue weighted by atomic mass is 35.5. The van der Waals surface area contributed by atoms with E-state index in [1.807, 2.05) is 6.92 Å². The van der Waals surface area contributed by atoms with Gasteiger partial charge in [-0.15, -0.1) is 0 Å². The zero-order chi connectivity index (χ0) is 16.4. The van der Waals surface area contributed by atoms with E-state index >= 15 is 0 Å². The van der Waals surface area contributed by atoms with Gasteiger partial charge in [0, 0.05) is 6.42 Å². The van der Waals surface area contributed by atoms with Crippen LogP contribution in [0.5, 0.6) is 0 Å². The van der Waals surface area contributed by atoms with Crippen LogP contribution in [0.2, 0.25) is 0 Å². The topological polar surface area (TPSA) is 62.7 Å². The molecule has 2 heterocycles. The molecule has 126 valence electrons. The largest absolute Gasteiger partial charge is 0.441 e. The van der Waals surface area contributed by atoms with Gasteiger partial charge < -0.3 is 15.4 Å². The fourth-order valence-electron chi connectivity index (χ4n) is 3.39. The van der Waals surface area contributed by atoms with E-state index in [0.717, 1.165) is 31.3 Å². The molecule has 0 aromatic rings. The molecule has 1 saturated carbocycles. The van der Waals surface area contributed by atoms with Crippen LogP contribution < -0.4 is 10.6 Å². The molecule has 0 bridgehead atoms. The summed E-state index contributed by atoms with van der Waals surface area (Å²) in [5.74, 6) is -0.203. The highest BCUT2D eigenvalue weighted by Crippen LogP contribution is 2.35. The van der Waals surface area contributed by atoms with Crippen LogP contribution in [0.4, 0.5) is 9.18 Å². The maximum absolute atomic E-state index is 14.3. The van der Waals surface area contributed by atoms with Crippen LogP contribution in [-0.4, -0.2) is 30.1 Å². The molecule has 3 rings (SSSR count). The summed E-state index contributed by atoms with van der Waals surface area (Å²) in [6.07, 6.45) is 5.54. The van der Waals surface area contributed by atoms with Gasteiger partial charge in [-0.1, -0.05) is 18.5 Å². The van der Waals surface area contributed by atoms with Crippen LogP contribution in [-0.2, 0) is 4.74 Å². The summed E-state index contributed by atoms with van der Waals surface area (Å²) in [6, 6.07) is -0.0919. The standard InChI is InChI=1S/C16H21ClFN3O2/c1-2-10-5-6-12(18)14(21-13(10)17)20-11-4-3-7-16(8-11)9-19-15(22)23-16/h6,11H,2-5,7-9H2,1H3,(H,19,22)(H,20,21). The van der Waals surface area contributed by atoms with E-state index in [-0.39, 0.29) is 23.8 Å². The number of hydrogen-bond acceptors (Lipinski definition) is 3. The van der Waals surface area contributed by atoms with E-state index in [1.165, 1.54) is 6.08 Å². The first-order valence-electron chi connectivity index (χ1n) is 8.06. The molecule has 2 unspecified atom stereocenters. The Hall–Kier alpha value is -1.56. The molecule has 23 heavy (non-hydrogen) atoms. The summed E-state index contributed by atoms with van der Waals surface area (Å²) < 4.78 is 19.7. The van der Waals surface area contributed by atoms with Gasteiger partial charge >= 0.3 is 6.09 Å². The first-order valence-corrected chi connectivity index (χ1v) is 8.44. The number of hydrogen-bond donors (Lipinski definition) is 2. The van der Waals surface area contributed by atoms with Crippen molar-refractivity contribution in [3.63, 3.8) is 0 Å². The molecule has 1 aliphatic carbocycles. The Morgan fingerprint density at radius 2 is 2.39 bits per heavy atom. The third-order valence-corrected chi connectivity index (χ3v) is 5.03. The first kappa shape index (κ1) is 16.3. The zero-order valence-corrected chi connectivity index (χ0v) is 13.9. The summed E-state index contributed by atoms with van der Waals surface area (Å²) in [7, 11) is 0. The molecular weight excluding hydrogens is 321 g/mol. The van der Waals surface area contributed by atoms with Crippen molar-refractivity contribution in [3.05, 3.63) is 22.6 Å². The number of carbonyl (C=O) groups is 1. The number of aliphatic imine (C=N–C) groups is 1. The van der Waals surface area contributed by atoms with E-state index in [1.54, 1.807) is 0 Å². The van der Waals surface area contributed by atoms with Crippen LogP contribution in [0.1, 0.15) is 45.4 Å². The molecule has 2 aliphatic heterocycles. The van der Waals surface area contributed by atoms with Gasteiger partial charge in [-0.05, 0) is 43.8 Å². The Kier molecular flexibility index (Phi) is 4.62. The molecule has 1 amide bonds. The third kappa shape index (κ3) is 3.52. The van der Waals surface area contributed by atoms with Crippen molar-refractivity contribution >= 4 is 23.5 Å². The second-order valence-electron chi connectivity index (χ2n) is 6.31. The van der Waals surface area contributed by atoms with Gasteiger partial charge in [0.2, 0.25) is 0 Å². The Morgan fingerprint density at radius 1 is 1.57 bits per heavy atom. The average molecular weight is 342 g/mol. The molecule has 0 aromatic carbocycles. The third-order valence-electron chi connectivity index (χ3n) is 4.67. The maximum Gasteiger partial charge on any atom is 0.407 e. The lowest BCUT2D eigenvalue weighted by atomic mass is 9.82. The normalized spacial score (nSPS) is 33.2. The lowest BCUT2D eigenvalue weighted by Gasteiger charge is -2.34. The molecule has 3 aliphatic rings. The van der Waals surface area contributed by atoms with Crippen LogP contribution in [0, 0.1) is 0 Å². The van der Waals surface area contributed by atoms with Gasteiger partial charge in [0.15, 0.2) is 11.7 Å². The molecule has 1 saturated heterocycles. The Balaban J connectivity index is 1.77. The minimum Gasteiger partial charge on any atom is -0.441 e. The number of amidine groups is 1. The minimum absolute atomic E-state index is 0.0919. The van der Waals surface area contributed by atoms with Crippen molar-refractivity contribution in [1.82, 2.24) is 10.6 Å². The van der Waals surface area contributed by atoms with Crippen LogP contribution in [0.15, 0.2) is 27.6 Å². The number of carbonyl (C=O) groups excluding carboxylic acids is 1. The van der Waals surface area contributed by atoms with E-state index in [4.69, 9.17) is 16.3 Å². The fraction of sp³-hybridized carbons (Fsp3) is 0.625. The number of nitrogens with one attached hydrogen (secondary N) is 2. The number of amides is 1. The maximum atomic E-state index is 14.3.